The molecule has 3 aliphatic rings. The fourth-order valence-electron chi connectivity index (χ4n) is 7.60. The van der Waals surface area contributed by atoms with Gasteiger partial charge in [0.2, 0.25) is 11.8 Å². The number of anilines is 1. The van der Waals surface area contributed by atoms with Crippen LogP contribution in [0.5, 0.6) is 11.5 Å². The third kappa shape index (κ3) is 6.60. The summed E-state index contributed by atoms with van der Waals surface area (Å²) in [6.45, 7) is 4.17. The predicted molar refractivity (Wildman–Crippen MR) is 194 cm³/mol. The molecule has 12 heteroatoms. The highest BCUT2D eigenvalue weighted by Gasteiger charge is 2.57. The van der Waals surface area contributed by atoms with E-state index in [4.69, 9.17) is 9.39 Å². The van der Waals surface area contributed by atoms with Gasteiger partial charge < -0.3 is 29.6 Å². The molecule has 0 aromatic heterocycles. The summed E-state index contributed by atoms with van der Waals surface area (Å²) in [5.41, 5.74) is 5.51. The van der Waals surface area contributed by atoms with E-state index >= 15 is 0 Å². The summed E-state index contributed by atoms with van der Waals surface area (Å²) in [7, 11) is -1.32. The van der Waals surface area contributed by atoms with Gasteiger partial charge in [0.25, 0.3) is 0 Å². The van der Waals surface area contributed by atoms with E-state index < -0.39 is 32.2 Å². The number of carbonyl (C=O) groups excluding carboxylic acids is 2. The molecule has 4 atom stereocenters. The average Bonchev–Trinajstić information content (AvgIpc) is 3.33. The Morgan fingerprint density at radius 1 is 1.08 bits per heavy atom. The smallest absolute Gasteiger partial charge is 0.488 e. The Labute approximate surface area is 294 Å². The SMILES string of the molecule is COc1cc(/C=C(/CC[C@H]2OB(O)C[C@H]3C2=C(C(C)C)C[C@H]2C(=O)N(c4cccc(B(O)O)c4)C(=O)[C@H]23)c2ccccc2)cc(I)c1O. The number of aromatic hydroxyl groups is 1. The van der Waals surface area contributed by atoms with E-state index in [1.54, 1.807) is 18.2 Å². The lowest BCUT2D eigenvalue weighted by molar-refractivity contribution is -0.122. The number of halogens is 1. The summed E-state index contributed by atoms with van der Waals surface area (Å²) in [6.07, 6.45) is 3.35. The molecule has 2 aliphatic heterocycles. The number of amides is 2. The summed E-state index contributed by atoms with van der Waals surface area (Å²) in [5.74, 6) is -1.70. The number of ether oxygens (including phenoxy) is 1. The maximum atomic E-state index is 14.1. The molecule has 2 saturated heterocycles. The topological polar surface area (TPSA) is 137 Å². The van der Waals surface area contributed by atoms with Crippen LogP contribution in [0.1, 0.15) is 44.2 Å². The van der Waals surface area contributed by atoms with Crippen molar-refractivity contribution in [1.29, 1.82) is 0 Å². The summed E-state index contributed by atoms with van der Waals surface area (Å²) in [6, 6.07) is 19.9. The van der Waals surface area contributed by atoms with Gasteiger partial charge in [-0.05, 0) is 112 Å². The number of fused-ring (bicyclic) bond motifs is 3. The van der Waals surface area contributed by atoms with Gasteiger partial charge in [0, 0.05) is 0 Å². The minimum absolute atomic E-state index is 0.0882. The Morgan fingerprint density at radius 3 is 2.52 bits per heavy atom. The van der Waals surface area contributed by atoms with Crippen LogP contribution in [0.3, 0.4) is 0 Å². The lowest BCUT2D eigenvalue weighted by Crippen LogP contribution is -2.46. The van der Waals surface area contributed by atoms with Crippen molar-refractivity contribution in [2.45, 2.75) is 45.5 Å². The zero-order chi connectivity index (χ0) is 34.3. The van der Waals surface area contributed by atoms with Crippen LogP contribution in [-0.2, 0) is 14.2 Å². The molecule has 0 spiro atoms. The Morgan fingerprint density at radius 2 is 1.83 bits per heavy atom. The van der Waals surface area contributed by atoms with Crippen molar-refractivity contribution in [2.75, 3.05) is 12.0 Å². The van der Waals surface area contributed by atoms with Crippen molar-refractivity contribution >= 4 is 71.4 Å². The highest BCUT2D eigenvalue weighted by molar-refractivity contribution is 14.1. The Hall–Kier alpha value is -3.42. The second-order valence-corrected chi connectivity index (χ2v) is 14.2. The molecule has 2 heterocycles. The maximum Gasteiger partial charge on any atom is 0.488 e. The molecule has 2 amide bonds. The summed E-state index contributed by atoms with van der Waals surface area (Å²) >= 11 is 2.08. The van der Waals surface area contributed by atoms with E-state index in [1.165, 1.54) is 24.1 Å². The molecule has 1 aliphatic carbocycles. The van der Waals surface area contributed by atoms with Gasteiger partial charge in [0.15, 0.2) is 11.5 Å². The standard InChI is InChI=1S/C36H38B2INO8/c1-20(2)26-18-27-33(36(43)40(35(27)42)25-11-7-10-24(17-25)38(45)46)28-19-37(44)48-30(32(26)28)13-12-23(22-8-5-4-6-9-22)14-21-15-29(39)34(41)31(16-21)47-3/h4-11,14-17,20,27-28,30,33,41,44-46H,12-13,18-19H2,1-3H3/b23-14-/t27-,28+,30-,33-/m1/s1. The number of hydrogen-bond donors (Lipinski definition) is 4. The quantitative estimate of drug-likeness (QED) is 0.0814. The summed E-state index contributed by atoms with van der Waals surface area (Å²) < 4.78 is 12.3. The van der Waals surface area contributed by atoms with E-state index in [0.29, 0.717) is 34.3 Å². The van der Waals surface area contributed by atoms with Gasteiger partial charge in [-0.25, -0.2) is 0 Å². The molecule has 3 aromatic rings. The fraction of sp³-hybridized carbons (Fsp3) is 0.333. The van der Waals surface area contributed by atoms with Crippen LogP contribution < -0.4 is 15.1 Å². The minimum Gasteiger partial charge on any atom is -0.504 e. The number of hydrogen-bond acceptors (Lipinski definition) is 8. The number of nitrogens with zero attached hydrogens (tertiary/aromatic N) is 1. The lowest BCUT2D eigenvalue weighted by Gasteiger charge is -2.44. The van der Waals surface area contributed by atoms with E-state index in [9.17, 15) is 29.8 Å². The first kappa shape index (κ1) is 34.4. The van der Waals surface area contributed by atoms with Gasteiger partial charge in [0.05, 0.1) is 34.3 Å². The van der Waals surface area contributed by atoms with Crippen LogP contribution in [0, 0.1) is 27.2 Å². The van der Waals surface area contributed by atoms with Crippen LogP contribution in [0.4, 0.5) is 5.69 Å². The lowest BCUT2D eigenvalue weighted by atomic mass is 9.57. The van der Waals surface area contributed by atoms with Gasteiger partial charge in [-0.3, -0.25) is 14.5 Å². The highest BCUT2D eigenvalue weighted by atomic mass is 127. The number of carbonyl (C=O) groups is 2. The molecule has 0 saturated carbocycles. The van der Waals surface area contributed by atoms with Crippen LogP contribution in [0.15, 0.2) is 77.9 Å². The van der Waals surface area contributed by atoms with Crippen molar-refractivity contribution in [2.24, 2.45) is 23.7 Å². The Bertz CT molecular complexity index is 1780. The normalized spacial score (nSPS) is 22.7. The van der Waals surface area contributed by atoms with E-state index in [0.717, 1.165) is 27.8 Å². The zero-order valence-corrected chi connectivity index (χ0v) is 29.2. The van der Waals surface area contributed by atoms with E-state index in [1.807, 2.05) is 36.4 Å². The average molecular weight is 761 g/mol. The minimum atomic E-state index is -1.73. The Kier molecular flexibility index (Phi) is 10.2. The third-order valence-corrected chi connectivity index (χ3v) is 10.6. The summed E-state index contributed by atoms with van der Waals surface area (Å²) in [5, 5.41) is 40.9. The zero-order valence-electron chi connectivity index (χ0n) is 27.0. The molecule has 3 aromatic carbocycles. The number of allylic oxidation sites excluding steroid dienone is 2. The first-order valence-corrected chi connectivity index (χ1v) is 17.3. The van der Waals surface area contributed by atoms with Crippen molar-refractivity contribution in [3.05, 3.63) is 92.6 Å². The van der Waals surface area contributed by atoms with Gasteiger partial charge in [0.1, 0.15) is 0 Å². The molecule has 2 fully saturated rings. The van der Waals surface area contributed by atoms with E-state index in [-0.39, 0.29) is 41.2 Å². The molecule has 4 N–H and O–H groups in total. The molecule has 248 valence electrons. The molecule has 6 rings (SSSR count). The number of methoxy groups -OCH3 is 1. The second-order valence-electron chi connectivity index (χ2n) is 13.0. The molecular weight excluding hydrogens is 723 g/mol. The van der Waals surface area contributed by atoms with Crippen LogP contribution in [-0.4, -0.2) is 59.4 Å². The molecular formula is C36H38B2INO8. The van der Waals surface area contributed by atoms with Gasteiger partial charge in [-0.2, -0.15) is 0 Å². The van der Waals surface area contributed by atoms with Crippen LogP contribution >= 0.6 is 22.6 Å². The maximum absolute atomic E-state index is 14.1. The molecule has 0 radical (unpaired) electrons. The van der Waals surface area contributed by atoms with Crippen molar-refractivity contribution in [3.63, 3.8) is 0 Å². The van der Waals surface area contributed by atoms with E-state index in [2.05, 4.69) is 42.5 Å². The molecule has 9 nitrogen and oxygen atoms in total. The van der Waals surface area contributed by atoms with Crippen LogP contribution in [0.25, 0.3) is 11.6 Å². The van der Waals surface area contributed by atoms with Crippen molar-refractivity contribution < 1.29 is 39.2 Å². The van der Waals surface area contributed by atoms with Gasteiger partial charge >= 0.3 is 14.2 Å². The second kappa shape index (κ2) is 14.2. The Balaban J connectivity index is 1.34. The number of imide groups is 1. The van der Waals surface area contributed by atoms with Crippen molar-refractivity contribution in [3.8, 4) is 11.5 Å². The first-order chi connectivity index (χ1) is 23.0. The molecule has 48 heavy (non-hydrogen) atoms. The molecule has 0 bridgehead atoms. The van der Waals surface area contributed by atoms with Crippen molar-refractivity contribution in [1.82, 2.24) is 0 Å². The number of benzene rings is 3. The fourth-order valence-corrected chi connectivity index (χ4v) is 8.23. The molecule has 0 unspecified atom stereocenters. The largest absolute Gasteiger partial charge is 0.504 e. The highest BCUT2D eigenvalue weighted by Crippen LogP contribution is 2.52. The van der Waals surface area contributed by atoms with Crippen LogP contribution in [0.2, 0.25) is 6.32 Å². The number of rotatable bonds is 9. The monoisotopic (exact) mass is 761 g/mol. The first-order valence-electron chi connectivity index (χ1n) is 16.2. The predicted octanol–water partition coefficient (Wildman–Crippen LogP) is 4.66. The number of phenolic OH excluding ortho intramolecular Hbond substituents is 1. The summed E-state index contributed by atoms with van der Waals surface area (Å²) in [4.78, 5) is 29.2. The third-order valence-electron chi connectivity index (χ3n) is 9.80. The van der Waals surface area contributed by atoms with Gasteiger partial charge in [-0.1, -0.05) is 68.0 Å². The number of phenols is 1. The van der Waals surface area contributed by atoms with Gasteiger partial charge in [-0.15, -0.1) is 0 Å².